The van der Waals surface area contributed by atoms with Crippen LogP contribution in [0.4, 0.5) is 0 Å². The van der Waals surface area contributed by atoms with E-state index in [1.807, 2.05) is 24.3 Å². The molecule has 17 heavy (non-hydrogen) atoms. The Morgan fingerprint density at radius 3 is 2.94 bits per heavy atom. The maximum absolute atomic E-state index is 11.9. The minimum atomic E-state index is -0.0777. The summed E-state index contributed by atoms with van der Waals surface area (Å²) in [5, 5.41) is 0.827. The fourth-order valence-electron chi connectivity index (χ4n) is 1.58. The van der Waals surface area contributed by atoms with Crippen LogP contribution < -0.4 is 0 Å². The number of carbonyl (C=O) groups is 1. The van der Waals surface area contributed by atoms with E-state index in [0.717, 1.165) is 5.39 Å². The lowest BCUT2D eigenvalue weighted by atomic mass is 10.1. The summed E-state index contributed by atoms with van der Waals surface area (Å²) in [6.45, 7) is 0.949. The number of ether oxygens (including phenoxy) is 2. The van der Waals surface area contributed by atoms with Gasteiger partial charge in [0.2, 0.25) is 0 Å². The summed E-state index contributed by atoms with van der Waals surface area (Å²) < 4.78 is 15.3. The Bertz CT molecular complexity index is 501. The average molecular weight is 234 g/mol. The third-order valence-electron chi connectivity index (χ3n) is 2.45. The van der Waals surface area contributed by atoms with Crippen molar-refractivity contribution in [3.63, 3.8) is 0 Å². The van der Waals surface area contributed by atoms with Crippen LogP contribution in [0.15, 0.2) is 34.9 Å². The maximum atomic E-state index is 11.9. The molecule has 0 aliphatic rings. The predicted molar refractivity (Wildman–Crippen MR) is 63.2 cm³/mol. The van der Waals surface area contributed by atoms with E-state index in [1.54, 1.807) is 7.11 Å². The number of hydrogen-bond donors (Lipinski definition) is 0. The van der Waals surface area contributed by atoms with Gasteiger partial charge in [-0.05, 0) is 6.07 Å². The van der Waals surface area contributed by atoms with Crippen molar-refractivity contribution < 1.29 is 18.7 Å². The molecule has 0 N–H and O–H groups in total. The molecule has 0 saturated heterocycles. The van der Waals surface area contributed by atoms with E-state index in [2.05, 4.69) is 0 Å². The highest BCUT2D eigenvalue weighted by Crippen LogP contribution is 2.20. The number of hydrogen-bond acceptors (Lipinski definition) is 4. The first-order valence-corrected chi connectivity index (χ1v) is 5.39. The summed E-state index contributed by atoms with van der Waals surface area (Å²) in [6, 6.07) is 7.44. The van der Waals surface area contributed by atoms with E-state index < -0.39 is 0 Å². The van der Waals surface area contributed by atoms with Crippen LogP contribution >= 0.6 is 0 Å². The summed E-state index contributed by atoms with van der Waals surface area (Å²) in [4.78, 5) is 11.9. The van der Waals surface area contributed by atoms with E-state index in [4.69, 9.17) is 13.9 Å². The molecule has 4 nitrogen and oxygen atoms in total. The van der Waals surface area contributed by atoms with Crippen LogP contribution in [0.5, 0.6) is 0 Å². The minimum Gasteiger partial charge on any atom is -0.464 e. The Morgan fingerprint density at radius 2 is 2.12 bits per heavy atom. The molecule has 0 saturated carbocycles. The molecule has 90 valence electrons. The predicted octanol–water partition coefficient (Wildman–Crippen LogP) is 2.28. The quantitative estimate of drug-likeness (QED) is 0.568. The number of furan rings is 1. The van der Waals surface area contributed by atoms with Crippen molar-refractivity contribution in [2.75, 3.05) is 26.9 Å². The molecule has 0 aliphatic heterocycles. The molecule has 1 aromatic heterocycles. The van der Waals surface area contributed by atoms with Crippen LogP contribution in [0.1, 0.15) is 10.4 Å². The number of rotatable bonds is 6. The summed E-state index contributed by atoms with van der Waals surface area (Å²) in [7, 11) is 1.59. The van der Waals surface area contributed by atoms with Crippen LogP contribution in [0, 0.1) is 0 Å². The number of methoxy groups -OCH3 is 1. The zero-order valence-corrected chi connectivity index (χ0v) is 9.64. The first-order chi connectivity index (χ1) is 8.33. The zero-order valence-electron chi connectivity index (χ0n) is 9.64. The zero-order chi connectivity index (χ0) is 12.1. The van der Waals surface area contributed by atoms with Gasteiger partial charge in [-0.1, -0.05) is 18.2 Å². The Balaban J connectivity index is 2.04. The Kier molecular flexibility index (Phi) is 3.90. The number of para-hydroxylation sites is 1. The number of fused-ring (bicyclic) bond motifs is 1. The van der Waals surface area contributed by atoms with Gasteiger partial charge >= 0.3 is 0 Å². The van der Waals surface area contributed by atoms with Gasteiger partial charge in [-0.3, -0.25) is 4.79 Å². The van der Waals surface area contributed by atoms with E-state index >= 15 is 0 Å². The van der Waals surface area contributed by atoms with Crippen LogP contribution in [0.25, 0.3) is 11.0 Å². The standard InChI is InChI=1S/C13H14O4/c1-15-6-7-16-9-12(14)11-8-17-13-5-3-2-4-10(11)13/h2-5,8H,6-7,9H2,1H3. The van der Waals surface area contributed by atoms with Crippen molar-refractivity contribution in [3.05, 3.63) is 36.1 Å². The molecular weight excluding hydrogens is 220 g/mol. The van der Waals surface area contributed by atoms with Crippen molar-refractivity contribution in [3.8, 4) is 0 Å². The molecule has 0 atom stereocenters. The van der Waals surface area contributed by atoms with Crippen molar-refractivity contribution in [1.29, 1.82) is 0 Å². The van der Waals surface area contributed by atoms with Gasteiger partial charge in [0.25, 0.3) is 0 Å². The highest BCUT2D eigenvalue weighted by molar-refractivity contribution is 6.07. The molecule has 0 spiro atoms. The SMILES string of the molecule is COCCOCC(=O)c1coc2ccccc12. The van der Waals surface area contributed by atoms with Crippen molar-refractivity contribution in [2.45, 2.75) is 0 Å². The second kappa shape index (κ2) is 5.61. The van der Waals surface area contributed by atoms with Gasteiger partial charge in [0.05, 0.1) is 18.8 Å². The van der Waals surface area contributed by atoms with Crippen molar-refractivity contribution in [2.24, 2.45) is 0 Å². The molecule has 1 heterocycles. The highest BCUT2D eigenvalue weighted by Gasteiger charge is 2.13. The largest absolute Gasteiger partial charge is 0.464 e. The number of ketones is 1. The Hall–Kier alpha value is -1.65. The lowest BCUT2D eigenvalue weighted by Crippen LogP contribution is -2.11. The van der Waals surface area contributed by atoms with Gasteiger partial charge in [-0.25, -0.2) is 0 Å². The molecule has 0 unspecified atom stereocenters. The van der Waals surface area contributed by atoms with Gasteiger partial charge in [-0.2, -0.15) is 0 Å². The number of Topliss-reactive ketones (excluding diaryl/α,β-unsaturated/α-hetero) is 1. The van der Waals surface area contributed by atoms with Gasteiger partial charge in [0, 0.05) is 12.5 Å². The molecule has 0 bridgehead atoms. The lowest BCUT2D eigenvalue weighted by Gasteiger charge is -2.01. The molecule has 4 heteroatoms. The van der Waals surface area contributed by atoms with E-state index in [1.165, 1.54) is 6.26 Å². The molecule has 1 aromatic carbocycles. The fraction of sp³-hybridized carbons (Fsp3) is 0.308. The smallest absolute Gasteiger partial charge is 0.192 e. The molecule has 0 aliphatic carbocycles. The topological polar surface area (TPSA) is 48.7 Å². The fourth-order valence-corrected chi connectivity index (χ4v) is 1.58. The van der Waals surface area contributed by atoms with E-state index in [0.29, 0.717) is 24.4 Å². The molecule has 0 radical (unpaired) electrons. The highest BCUT2D eigenvalue weighted by atomic mass is 16.5. The number of benzene rings is 1. The van der Waals surface area contributed by atoms with Crippen LogP contribution in [-0.4, -0.2) is 32.7 Å². The molecule has 2 rings (SSSR count). The van der Waals surface area contributed by atoms with Crippen molar-refractivity contribution >= 4 is 16.8 Å². The lowest BCUT2D eigenvalue weighted by molar-refractivity contribution is 0.0577. The second-order valence-corrected chi connectivity index (χ2v) is 3.61. The molecular formula is C13H14O4. The minimum absolute atomic E-state index is 0.0485. The van der Waals surface area contributed by atoms with Crippen LogP contribution in [0.2, 0.25) is 0 Å². The van der Waals surface area contributed by atoms with Crippen LogP contribution in [0.3, 0.4) is 0 Å². The summed E-state index contributed by atoms with van der Waals surface area (Å²) in [5.41, 5.74) is 1.28. The van der Waals surface area contributed by atoms with E-state index in [-0.39, 0.29) is 12.4 Å². The number of carbonyl (C=O) groups excluding carboxylic acids is 1. The Morgan fingerprint density at radius 1 is 1.29 bits per heavy atom. The summed E-state index contributed by atoms with van der Waals surface area (Å²) in [6.07, 6.45) is 1.48. The Labute approximate surface area is 99.1 Å². The maximum Gasteiger partial charge on any atom is 0.192 e. The first kappa shape index (κ1) is 11.8. The molecule has 0 amide bonds. The van der Waals surface area contributed by atoms with Gasteiger partial charge in [-0.15, -0.1) is 0 Å². The van der Waals surface area contributed by atoms with Crippen LogP contribution in [-0.2, 0) is 9.47 Å². The summed E-state index contributed by atoms with van der Waals surface area (Å²) >= 11 is 0. The third kappa shape index (κ3) is 2.72. The first-order valence-electron chi connectivity index (χ1n) is 5.39. The molecule has 2 aromatic rings. The van der Waals surface area contributed by atoms with Gasteiger partial charge in [0.15, 0.2) is 5.78 Å². The van der Waals surface area contributed by atoms with E-state index in [9.17, 15) is 4.79 Å². The normalized spacial score (nSPS) is 10.9. The van der Waals surface area contributed by atoms with Gasteiger partial charge < -0.3 is 13.9 Å². The second-order valence-electron chi connectivity index (χ2n) is 3.61. The van der Waals surface area contributed by atoms with Crippen molar-refractivity contribution in [1.82, 2.24) is 0 Å². The summed E-state index contributed by atoms with van der Waals surface area (Å²) in [5.74, 6) is -0.0777. The third-order valence-corrected chi connectivity index (χ3v) is 2.45. The monoisotopic (exact) mass is 234 g/mol. The molecule has 0 fully saturated rings. The average Bonchev–Trinajstić information content (AvgIpc) is 2.78. The van der Waals surface area contributed by atoms with Gasteiger partial charge in [0.1, 0.15) is 18.5 Å².